The number of carbonyl (C=O) groups is 1. The van der Waals surface area contributed by atoms with Gasteiger partial charge in [0.05, 0.1) is 16.1 Å². The molecule has 0 bridgehead atoms. The number of imidazole rings is 1. The standard InChI is InChI=1S/C12H6Cl2N2O/c13-10-7-3-1-2-4-8(7)16-6-5-15-12(16)9(10)11(14)17/h1-6H. The number of hydrogen-bond donors (Lipinski definition) is 0. The minimum Gasteiger partial charge on any atom is -0.299 e. The number of rotatable bonds is 1. The molecule has 3 rings (SSSR count). The fourth-order valence-corrected chi connectivity index (χ4v) is 2.52. The molecule has 0 saturated carbocycles. The molecule has 0 aliphatic heterocycles. The van der Waals surface area contributed by atoms with Gasteiger partial charge in [-0.2, -0.15) is 0 Å². The molecule has 0 radical (unpaired) electrons. The number of para-hydroxylation sites is 1. The number of benzene rings is 1. The van der Waals surface area contributed by atoms with Gasteiger partial charge in [0.25, 0.3) is 5.24 Å². The largest absolute Gasteiger partial charge is 0.299 e. The number of halogens is 2. The number of pyridine rings is 1. The van der Waals surface area contributed by atoms with Gasteiger partial charge in [-0.25, -0.2) is 4.98 Å². The van der Waals surface area contributed by atoms with E-state index in [2.05, 4.69) is 4.98 Å². The average Bonchev–Trinajstić information content (AvgIpc) is 2.78. The van der Waals surface area contributed by atoms with Crippen molar-refractivity contribution in [3.8, 4) is 0 Å². The molecule has 3 nitrogen and oxygen atoms in total. The third kappa shape index (κ3) is 1.43. The fraction of sp³-hybridized carbons (Fsp3) is 0. The highest BCUT2D eigenvalue weighted by Crippen LogP contribution is 2.31. The fourth-order valence-electron chi connectivity index (χ4n) is 1.96. The number of fused-ring (bicyclic) bond motifs is 3. The summed E-state index contributed by atoms with van der Waals surface area (Å²) >= 11 is 11.8. The molecule has 0 spiro atoms. The lowest BCUT2D eigenvalue weighted by atomic mass is 10.1. The summed E-state index contributed by atoms with van der Waals surface area (Å²) in [5, 5.41) is 0.528. The number of nitrogens with zero attached hydrogens (tertiary/aromatic N) is 2. The van der Waals surface area contributed by atoms with Gasteiger partial charge in [0, 0.05) is 17.8 Å². The van der Waals surface area contributed by atoms with Gasteiger partial charge in [0.15, 0.2) is 5.65 Å². The van der Waals surface area contributed by atoms with E-state index in [1.165, 1.54) is 0 Å². The topological polar surface area (TPSA) is 34.4 Å². The first-order chi connectivity index (χ1) is 8.20. The second-order valence-corrected chi connectivity index (χ2v) is 4.32. The van der Waals surface area contributed by atoms with Crippen molar-refractivity contribution in [2.75, 3.05) is 0 Å². The van der Waals surface area contributed by atoms with Crippen molar-refractivity contribution >= 4 is 45.0 Å². The van der Waals surface area contributed by atoms with E-state index in [0.717, 1.165) is 10.9 Å². The molecule has 84 valence electrons. The molecule has 5 heteroatoms. The summed E-state index contributed by atoms with van der Waals surface area (Å²) in [5.41, 5.74) is 1.62. The van der Waals surface area contributed by atoms with Crippen LogP contribution in [0.4, 0.5) is 0 Å². The predicted molar refractivity (Wildman–Crippen MR) is 67.9 cm³/mol. The summed E-state index contributed by atoms with van der Waals surface area (Å²) in [6, 6.07) is 7.53. The molecule has 0 amide bonds. The first-order valence-electron chi connectivity index (χ1n) is 4.93. The Bertz CT molecular complexity index is 749. The van der Waals surface area contributed by atoms with Gasteiger partial charge < -0.3 is 0 Å². The number of aromatic nitrogens is 2. The molecule has 0 atom stereocenters. The Kier molecular flexibility index (Phi) is 2.31. The smallest absolute Gasteiger partial charge is 0.257 e. The Hall–Kier alpha value is -1.58. The molecule has 17 heavy (non-hydrogen) atoms. The maximum absolute atomic E-state index is 11.4. The molecule has 3 aromatic rings. The van der Waals surface area contributed by atoms with Gasteiger partial charge in [-0.3, -0.25) is 9.20 Å². The molecule has 0 N–H and O–H groups in total. The van der Waals surface area contributed by atoms with Crippen LogP contribution in [0.1, 0.15) is 10.4 Å². The minimum absolute atomic E-state index is 0.247. The van der Waals surface area contributed by atoms with Crippen molar-refractivity contribution in [1.29, 1.82) is 0 Å². The van der Waals surface area contributed by atoms with Crippen LogP contribution in [0.3, 0.4) is 0 Å². The highest BCUT2D eigenvalue weighted by molar-refractivity contribution is 6.69. The van der Waals surface area contributed by atoms with E-state index >= 15 is 0 Å². The van der Waals surface area contributed by atoms with Gasteiger partial charge >= 0.3 is 0 Å². The van der Waals surface area contributed by atoms with Crippen molar-refractivity contribution in [1.82, 2.24) is 9.38 Å². The van der Waals surface area contributed by atoms with Crippen LogP contribution in [-0.2, 0) is 0 Å². The summed E-state index contributed by atoms with van der Waals surface area (Å²) in [6.07, 6.45) is 3.39. The second-order valence-electron chi connectivity index (χ2n) is 3.60. The highest BCUT2D eigenvalue weighted by atomic mass is 35.5. The first kappa shape index (κ1) is 10.6. The molecule has 2 heterocycles. The zero-order valence-electron chi connectivity index (χ0n) is 8.52. The molecule has 1 aromatic carbocycles. The molecule has 0 aliphatic rings. The van der Waals surface area contributed by atoms with E-state index < -0.39 is 5.24 Å². The quantitative estimate of drug-likeness (QED) is 0.631. The SMILES string of the molecule is O=C(Cl)c1c(Cl)c2ccccc2n2ccnc12. The van der Waals surface area contributed by atoms with Crippen LogP contribution < -0.4 is 0 Å². The van der Waals surface area contributed by atoms with Gasteiger partial charge in [-0.1, -0.05) is 29.8 Å². The lowest BCUT2D eigenvalue weighted by Gasteiger charge is -2.08. The predicted octanol–water partition coefficient (Wildman–Crippen LogP) is 3.52. The molecule has 0 fully saturated rings. The minimum atomic E-state index is -0.600. The summed E-state index contributed by atoms with van der Waals surface area (Å²) in [5.74, 6) is 0. The van der Waals surface area contributed by atoms with Crippen molar-refractivity contribution < 1.29 is 4.79 Å². The average molecular weight is 265 g/mol. The Labute approximate surface area is 107 Å². The normalized spacial score (nSPS) is 11.2. The monoisotopic (exact) mass is 264 g/mol. The second kappa shape index (κ2) is 3.72. The Morgan fingerprint density at radius 1 is 1.29 bits per heavy atom. The van der Waals surface area contributed by atoms with Crippen molar-refractivity contribution in [2.24, 2.45) is 0 Å². The van der Waals surface area contributed by atoms with Crippen LogP contribution >= 0.6 is 23.2 Å². The van der Waals surface area contributed by atoms with E-state index in [-0.39, 0.29) is 5.56 Å². The van der Waals surface area contributed by atoms with Crippen molar-refractivity contribution in [3.05, 3.63) is 47.2 Å². The lowest BCUT2D eigenvalue weighted by molar-refractivity contribution is 0.108. The van der Waals surface area contributed by atoms with Gasteiger partial charge in [0.2, 0.25) is 0 Å². The van der Waals surface area contributed by atoms with Crippen LogP contribution in [0.25, 0.3) is 16.6 Å². The maximum atomic E-state index is 11.4. The van der Waals surface area contributed by atoms with Crippen LogP contribution in [0.2, 0.25) is 5.02 Å². The lowest BCUT2D eigenvalue weighted by Crippen LogP contribution is -1.99. The van der Waals surface area contributed by atoms with Gasteiger partial charge in [-0.15, -0.1) is 0 Å². The summed E-state index contributed by atoms with van der Waals surface area (Å²) in [6.45, 7) is 0. The van der Waals surface area contributed by atoms with Crippen molar-refractivity contribution in [3.63, 3.8) is 0 Å². The van der Waals surface area contributed by atoms with E-state index in [1.807, 2.05) is 24.3 Å². The first-order valence-corrected chi connectivity index (χ1v) is 5.69. The van der Waals surface area contributed by atoms with E-state index in [9.17, 15) is 4.79 Å². The molecule has 0 saturated heterocycles. The number of carbonyl (C=O) groups excluding carboxylic acids is 1. The molecular weight excluding hydrogens is 259 g/mol. The third-order valence-electron chi connectivity index (χ3n) is 2.68. The summed E-state index contributed by atoms with van der Waals surface area (Å²) in [4.78, 5) is 15.6. The molecule has 2 aromatic heterocycles. The van der Waals surface area contributed by atoms with E-state index in [1.54, 1.807) is 16.8 Å². The zero-order chi connectivity index (χ0) is 12.0. The molecular formula is C12H6Cl2N2O. The van der Waals surface area contributed by atoms with Crippen LogP contribution in [0, 0.1) is 0 Å². The van der Waals surface area contributed by atoms with Gasteiger partial charge in [0.1, 0.15) is 0 Å². The molecule has 0 unspecified atom stereocenters. The Morgan fingerprint density at radius 3 is 2.82 bits per heavy atom. The van der Waals surface area contributed by atoms with Crippen LogP contribution in [0.15, 0.2) is 36.7 Å². The van der Waals surface area contributed by atoms with E-state index in [0.29, 0.717) is 10.7 Å². The molecule has 0 aliphatic carbocycles. The van der Waals surface area contributed by atoms with Crippen LogP contribution in [0.5, 0.6) is 0 Å². The zero-order valence-corrected chi connectivity index (χ0v) is 10.0. The Balaban J connectivity index is 2.65. The Morgan fingerprint density at radius 2 is 2.06 bits per heavy atom. The summed E-state index contributed by atoms with van der Waals surface area (Å²) < 4.78 is 1.80. The highest BCUT2D eigenvalue weighted by Gasteiger charge is 2.18. The summed E-state index contributed by atoms with van der Waals surface area (Å²) in [7, 11) is 0. The number of hydrogen-bond acceptors (Lipinski definition) is 2. The van der Waals surface area contributed by atoms with E-state index in [4.69, 9.17) is 23.2 Å². The van der Waals surface area contributed by atoms with Crippen LogP contribution in [-0.4, -0.2) is 14.6 Å². The van der Waals surface area contributed by atoms with Crippen molar-refractivity contribution in [2.45, 2.75) is 0 Å². The van der Waals surface area contributed by atoms with Gasteiger partial charge in [-0.05, 0) is 17.7 Å². The third-order valence-corrected chi connectivity index (χ3v) is 3.26. The maximum Gasteiger partial charge on any atom is 0.257 e.